The van der Waals surface area contributed by atoms with Gasteiger partial charge in [0.25, 0.3) is 0 Å². The van der Waals surface area contributed by atoms with Crippen LogP contribution in [0.2, 0.25) is 0 Å². The summed E-state index contributed by atoms with van der Waals surface area (Å²) in [5, 5.41) is 8.93. The Kier molecular flexibility index (Phi) is 2.71. The molecule has 0 saturated carbocycles. The molecule has 4 nitrogen and oxygen atoms in total. The van der Waals surface area contributed by atoms with Crippen LogP contribution in [0.25, 0.3) is 5.69 Å². The number of imidazole rings is 1. The van der Waals surface area contributed by atoms with E-state index < -0.39 is 5.97 Å². The molecule has 1 N–H and O–H groups in total. The van der Waals surface area contributed by atoms with E-state index in [-0.39, 0.29) is 5.69 Å². The molecule has 0 aliphatic heterocycles. The third-order valence-corrected chi connectivity index (χ3v) is 2.78. The molecule has 88 valence electrons. The average molecular weight is 230 g/mol. The van der Waals surface area contributed by atoms with E-state index in [1.165, 1.54) is 0 Å². The van der Waals surface area contributed by atoms with Gasteiger partial charge in [0, 0.05) is 6.20 Å². The smallest absolute Gasteiger partial charge is 0.356 e. The number of aryl methyl sites for hydroxylation is 3. The lowest BCUT2D eigenvalue weighted by Gasteiger charge is -2.11. The van der Waals surface area contributed by atoms with E-state index in [0.717, 1.165) is 16.8 Å². The maximum atomic E-state index is 10.9. The van der Waals surface area contributed by atoms with Crippen LogP contribution in [-0.2, 0) is 0 Å². The van der Waals surface area contributed by atoms with Gasteiger partial charge in [0.15, 0.2) is 5.69 Å². The summed E-state index contributed by atoms with van der Waals surface area (Å²) in [5.74, 6) is -0.321. The molecule has 1 heterocycles. The lowest BCUT2D eigenvalue weighted by molar-refractivity contribution is 0.0691. The zero-order valence-electron chi connectivity index (χ0n) is 10.1. The first-order valence-electron chi connectivity index (χ1n) is 5.36. The van der Waals surface area contributed by atoms with Crippen molar-refractivity contribution in [1.82, 2.24) is 9.55 Å². The second-order valence-corrected chi connectivity index (χ2v) is 4.09. The van der Waals surface area contributed by atoms with Gasteiger partial charge in [-0.15, -0.1) is 0 Å². The fourth-order valence-electron chi connectivity index (χ4n) is 1.99. The van der Waals surface area contributed by atoms with E-state index in [1.54, 1.807) is 13.1 Å². The number of benzene rings is 1. The number of carboxylic acids is 1. The van der Waals surface area contributed by atoms with Crippen LogP contribution in [0.15, 0.2) is 24.4 Å². The summed E-state index contributed by atoms with van der Waals surface area (Å²) in [6.45, 7) is 5.81. The molecule has 0 saturated heterocycles. The monoisotopic (exact) mass is 230 g/mol. The van der Waals surface area contributed by atoms with Gasteiger partial charge in [0.1, 0.15) is 5.82 Å². The van der Waals surface area contributed by atoms with Crippen molar-refractivity contribution < 1.29 is 9.90 Å². The fraction of sp³-hybridized carbons (Fsp3) is 0.231. The van der Waals surface area contributed by atoms with Gasteiger partial charge in [-0.2, -0.15) is 0 Å². The van der Waals surface area contributed by atoms with Crippen molar-refractivity contribution in [3.05, 3.63) is 47.0 Å². The van der Waals surface area contributed by atoms with E-state index in [0.29, 0.717) is 5.82 Å². The molecule has 17 heavy (non-hydrogen) atoms. The summed E-state index contributed by atoms with van der Waals surface area (Å²) in [4.78, 5) is 14.9. The minimum atomic E-state index is -1.00. The number of rotatable bonds is 2. The van der Waals surface area contributed by atoms with E-state index in [2.05, 4.69) is 4.98 Å². The Labute approximate surface area is 99.5 Å². The maximum absolute atomic E-state index is 10.9. The van der Waals surface area contributed by atoms with Gasteiger partial charge in [-0.1, -0.05) is 18.2 Å². The lowest BCUT2D eigenvalue weighted by atomic mass is 10.1. The highest BCUT2D eigenvalue weighted by molar-refractivity contribution is 5.85. The number of aromatic carboxylic acids is 1. The topological polar surface area (TPSA) is 55.1 Å². The van der Waals surface area contributed by atoms with Crippen molar-refractivity contribution in [3.8, 4) is 5.69 Å². The molecule has 0 unspecified atom stereocenters. The lowest BCUT2D eigenvalue weighted by Crippen LogP contribution is -2.01. The van der Waals surface area contributed by atoms with Crippen LogP contribution in [0.4, 0.5) is 0 Å². The quantitative estimate of drug-likeness (QED) is 0.862. The third-order valence-electron chi connectivity index (χ3n) is 2.78. The van der Waals surface area contributed by atoms with Gasteiger partial charge in [0.2, 0.25) is 0 Å². The molecule has 0 atom stereocenters. The molecule has 1 aromatic carbocycles. The second-order valence-electron chi connectivity index (χ2n) is 4.09. The van der Waals surface area contributed by atoms with Crippen LogP contribution in [0.3, 0.4) is 0 Å². The Morgan fingerprint density at radius 1 is 1.24 bits per heavy atom. The highest BCUT2D eigenvalue weighted by Crippen LogP contribution is 2.20. The number of nitrogens with zero attached hydrogens (tertiary/aromatic N) is 2. The molecular formula is C13H14N2O2. The normalized spacial score (nSPS) is 10.5. The van der Waals surface area contributed by atoms with Crippen LogP contribution in [0.1, 0.15) is 27.4 Å². The predicted molar refractivity (Wildman–Crippen MR) is 64.7 cm³/mol. The average Bonchev–Trinajstić information content (AvgIpc) is 2.61. The summed E-state index contributed by atoms with van der Waals surface area (Å²) in [5.41, 5.74) is 3.28. The van der Waals surface area contributed by atoms with Gasteiger partial charge >= 0.3 is 5.97 Å². The van der Waals surface area contributed by atoms with E-state index >= 15 is 0 Å². The minimum Gasteiger partial charge on any atom is -0.476 e. The van der Waals surface area contributed by atoms with E-state index in [9.17, 15) is 4.79 Å². The van der Waals surface area contributed by atoms with E-state index in [1.807, 2.05) is 36.6 Å². The van der Waals surface area contributed by atoms with Crippen molar-refractivity contribution in [2.45, 2.75) is 20.8 Å². The van der Waals surface area contributed by atoms with Crippen molar-refractivity contribution in [2.24, 2.45) is 0 Å². The number of aromatic nitrogens is 2. The van der Waals surface area contributed by atoms with Gasteiger partial charge in [-0.05, 0) is 31.9 Å². The molecule has 0 radical (unpaired) electrons. The summed E-state index contributed by atoms with van der Waals surface area (Å²) < 4.78 is 1.83. The Balaban J connectivity index is 2.64. The first-order valence-corrected chi connectivity index (χ1v) is 5.36. The number of carbonyl (C=O) groups is 1. The summed E-state index contributed by atoms with van der Waals surface area (Å²) in [7, 11) is 0. The molecule has 0 fully saturated rings. The van der Waals surface area contributed by atoms with Gasteiger partial charge < -0.3 is 9.67 Å². The zero-order chi connectivity index (χ0) is 12.6. The summed E-state index contributed by atoms with van der Waals surface area (Å²) in [6, 6.07) is 5.99. The largest absolute Gasteiger partial charge is 0.476 e. The SMILES string of the molecule is Cc1cccc(C)c1-n1cc(C(=O)O)nc1C. The first kappa shape index (κ1) is 11.4. The minimum absolute atomic E-state index is 0.0742. The van der Waals surface area contributed by atoms with Crippen LogP contribution < -0.4 is 0 Å². The summed E-state index contributed by atoms with van der Waals surface area (Å²) in [6.07, 6.45) is 1.56. The van der Waals surface area contributed by atoms with Crippen LogP contribution in [-0.4, -0.2) is 20.6 Å². The molecule has 0 amide bonds. The molecule has 2 rings (SSSR count). The summed E-state index contributed by atoms with van der Waals surface area (Å²) >= 11 is 0. The van der Waals surface area contributed by atoms with Crippen molar-refractivity contribution in [1.29, 1.82) is 0 Å². The predicted octanol–water partition coefficient (Wildman–Crippen LogP) is 2.50. The van der Waals surface area contributed by atoms with Crippen LogP contribution in [0, 0.1) is 20.8 Å². The van der Waals surface area contributed by atoms with Crippen molar-refractivity contribution in [3.63, 3.8) is 0 Å². The standard InChI is InChI=1S/C13H14N2O2/c1-8-5-4-6-9(2)12(8)15-7-11(13(16)17)14-10(15)3/h4-7H,1-3H3,(H,16,17). The zero-order valence-corrected chi connectivity index (χ0v) is 10.1. The Morgan fingerprint density at radius 2 is 1.82 bits per heavy atom. The maximum Gasteiger partial charge on any atom is 0.356 e. The van der Waals surface area contributed by atoms with Crippen LogP contribution >= 0.6 is 0 Å². The van der Waals surface area contributed by atoms with Gasteiger partial charge in [-0.25, -0.2) is 9.78 Å². The molecule has 0 bridgehead atoms. The first-order chi connectivity index (χ1) is 8.00. The fourth-order valence-corrected chi connectivity index (χ4v) is 1.99. The molecule has 2 aromatic rings. The highest BCUT2D eigenvalue weighted by Gasteiger charge is 2.13. The van der Waals surface area contributed by atoms with E-state index in [4.69, 9.17) is 5.11 Å². The van der Waals surface area contributed by atoms with Crippen LogP contribution in [0.5, 0.6) is 0 Å². The van der Waals surface area contributed by atoms with Gasteiger partial charge in [0.05, 0.1) is 5.69 Å². The Bertz CT molecular complexity index is 565. The third kappa shape index (κ3) is 1.93. The van der Waals surface area contributed by atoms with Gasteiger partial charge in [-0.3, -0.25) is 0 Å². The number of hydrogen-bond donors (Lipinski definition) is 1. The second kappa shape index (κ2) is 4.05. The Morgan fingerprint density at radius 3 is 2.29 bits per heavy atom. The van der Waals surface area contributed by atoms with Crippen molar-refractivity contribution >= 4 is 5.97 Å². The highest BCUT2D eigenvalue weighted by atomic mass is 16.4. The number of carboxylic acid groups (broad SMARTS) is 1. The Hall–Kier alpha value is -2.10. The number of para-hydroxylation sites is 1. The molecule has 0 aliphatic carbocycles. The molecule has 0 spiro atoms. The molecule has 0 aliphatic rings. The number of hydrogen-bond acceptors (Lipinski definition) is 2. The molecular weight excluding hydrogens is 216 g/mol. The molecule has 4 heteroatoms. The molecule has 1 aromatic heterocycles. The van der Waals surface area contributed by atoms with Crippen molar-refractivity contribution in [2.75, 3.05) is 0 Å².